The number of rotatable bonds is 5. The minimum Gasteiger partial charge on any atom is -0.330 e. The summed E-state index contributed by atoms with van der Waals surface area (Å²) in [4.78, 5) is 12.0. The number of hydrogen-bond donors (Lipinski definition) is 1. The SMILES string of the molecule is Cn1ccn(-c2ccccc2CCCCN)c1=O. The zero-order valence-corrected chi connectivity index (χ0v) is 10.7. The van der Waals surface area contributed by atoms with Gasteiger partial charge in [-0.1, -0.05) is 18.2 Å². The van der Waals surface area contributed by atoms with Crippen molar-refractivity contribution in [3.63, 3.8) is 0 Å². The van der Waals surface area contributed by atoms with Crippen molar-refractivity contribution >= 4 is 0 Å². The predicted octanol–water partition coefficient (Wildman–Crippen LogP) is 1.46. The van der Waals surface area contributed by atoms with E-state index in [2.05, 4.69) is 6.07 Å². The molecule has 0 saturated carbocycles. The lowest BCUT2D eigenvalue weighted by Crippen LogP contribution is -2.21. The number of benzene rings is 1. The third-order valence-electron chi connectivity index (χ3n) is 3.10. The maximum absolute atomic E-state index is 12.0. The van der Waals surface area contributed by atoms with E-state index in [-0.39, 0.29) is 5.69 Å². The van der Waals surface area contributed by atoms with Gasteiger partial charge in [0.05, 0.1) is 5.69 Å². The number of unbranched alkanes of at least 4 members (excludes halogenated alkanes) is 1. The van der Waals surface area contributed by atoms with Crippen molar-refractivity contribution in [2.45, 2.75) is 19.3 Å². The Bertz CT molecular complexity index is 568. The largest absolute Gasteiger partial charge is 0.332 e. The van der Waals surface area contributed by atoms with Crippen LogP contribution in [0.2, 0.25) is 0 Å². The normalized spacial score (nSPS) is 10.8. The van der Waals surface area contributed by atoms with Crippen LogP contribution in [0.1, 0.15) is 18.4 Å². The van der Waals surface area contributed by atoms with E-state index in [1.165, 1.54) is 5.56 Å². The second-order valence-electron chi connectivity index (χ2n) is 4.44. The summed E-state index contributed by atoms with van der Waals surface area (Å²) in [5, 5.41) is 0. The highest BCUT2D eigenvalue weighted by Crippen LogP contribution is 2.15. The van der Waals surface area contributed by atoms with Crippen molar-refractivity contribution in [1.82, 2.24) is 9.13 Å². The molecule has 0 fully saturated rings. The fourth-order valence-corrected chi connectivity index (χ4v) is 2.06. The molecule has 0 bridgehead atoms. The van der Waals surface area contributed by atoms with Gasteiger partial charge in [-0.3, -0.25) is 4.57 Å². The summed E-state index contributed by atoms with van der Waals surface area (Å²) in [6.07, 6.45) is 6.60. The van der Waals surface area contributed by atoms with E-state index < -0.39 is 0 Å². The van der Waals surface area contributed by atoms with Gasteiger partial charge < -0.3 is 10.3 Å². The molecule has 1 aromatic carbocycles. The fourth-order valence-electron chi connectivity index (χ4n) is 2.06. The van der Waals surface area contributed by atoms with Gasteiger partial charge in [0.15, 0.2) is 0 Å². The Morgan fingerprint density at radius 1 is 1.17 bits per heavy atom. The van der Waals surface area contributed by atoms with E-state index >= 15 is 0 Å². The molecule has 0 amide bonds. The van der Waals surface area contributed by atoms with Crippen LogP contribution in [-0.4, -0.2) is 15.7 Å². The third kappa shape index (κ3) is 2.54. The van der Waals surface area contributed by atoms with Gasteiger partial charge in [0.25, 0.3) is 0 Å². The van der Waals surface area contributed by atoms with Crippen LogP contribution < -0.4 is 11.4 Å². The Morgan fingerprint density at radius 2 is 1.94 bits per heavy atom. The van der Waals surface area contributed by atoms with Crippen LogP contribution in [0.15, 0.2) is 41.5 Å². The van der Waals surface area contributed by atoms with Gasteiger partial charge >= 0.3 is 5.69 Å². The molecular weight excluding hydrogens is 226 g/mol. The maximum atomic E-state index is 12.0. The Labute approximate surface area is 107 Å². The molecule has 0 aliphatic heterocycles. The van der Waals surface area contributed by atoms with Crippen LogP contribution >= 0.6 is 0 Å². The average molecular weight is 245 g/mol. The molecule has 0 aliphatic carbocycles. The minimum absolute atomic E-state index is 0.0127. The van der Waals surface area contributed by atoms with E-state index in [0.29, 0.717) is 6.54 Å². The molecule has 1 heterocycles. The molecule has 4 heteroatoms. The van der Waals surface area contributed by atoms with Crippen LogP contribution in [0.4, 0.5) is 0 Å². The molecule has 0 aliphatic rings. The number of aryl methyl sites for hydroxylation is 2. The van der Waals surface area contributed by atoms with Crippen LogP contribution in [0, 0.1) is 0 Å². The van der Waals surface area contributed by atoms with Crippen LogP contribution in [0.3, 0.4) is 0 Å². The van der Waals surface area contributed by atoms with E-state index in [9.17, 15) is 4.79 Å². The summed E-state index contributed by atoms with van der Waals surface area (Å²) in [7, 11) is 1.76. The fraction of sp³-hybridized carbons (Fsp3) is 0.357. The van der Waals surface area contributed by atoms with E-state index in [1.54, 1.807) is 22.4 Å². The first kappa shape index (κ1) is 12.6. The molecule has 0 unspecified atom stereocenters. The number of aromatic nitrogens is 2. The highest BCUT2D eigenvalue weighted by Gasteiger charge is 2.07. The van der Waals surface area contributed by atoms with Gasteiger partial charge in [-0.2, -0.15) is 0 Å². The summed E-state index contributed by atoms with van der Waals surface area (Å²) in [6, 6.07) is 8.03. The predicted molar refractivity (Wildman–Crippen MR) is 73.0 cm³/mol. The van der Waals surface area contributed by atoms with Crippen molar-refractivity contribution in [3.8, 4) is 5.69 Å². The second kappa shape index (κ2) is 5.69. The Morgan fingerprint density at radius 3 is 2.61 bits per heavy atom. The average Bonchev–Trinajstić information content (AvgIpc) is 2.71. The molecule has 96 valence electrons. The molecule has 0 spiro atoms. The molecule has 2 rings (SSSR count). The van der Waals surface area contributed by atoms with Crippen molar-refractivity contribution in [2.24, 2.45) is 12.8 Å². The van der Waals surface area contributed by atoms with E-state index in [4.69, 9.17) is 5.73 Å². The molecule has 1 aromatic heterocycles. The summed E-state index contributed by atoms with van der Waals surface area (Å²) in [5.74, 6) is 0. The van der Waals surface area contributed by atoms with Gasteiger partial charge in [0, 0.05) is 19.4 Å². The van der Waals surface area contributed by atoms with Gasteiger partial charge in [-0.15, -0.1) is 0 Å². The molecule has 0 saturated heterocycles. The molecule has 0 radical (unpaired) electrons. The lowest BCUT2D eigenvalue weighted by Gasteiger charge is -2.09. The van der Waals surface area contributed by atoms with Gasteiger partial charge in [-0.05, 0) is 37.4 Å². The Kier molecular flexibility index (Phi) is 3.99. The number of para-hydroxylation sites is 1. The first-order valence-corrected chi connectivity index (χ1v) is 6.26. The van der Waals surface area contributed by atoms with E-state index in [1.807, 2.05) is 24.4 Å². The zero-order chi connectivity index (χ0) is 13.0. The lowest BCUT2D eigenvalue weighted by atomic mass is 10.1. The molecule has 2 aromatic rings. The summed E-state index contributed by atoms with van der Waals surface area (Å²) in [6.45, 7) is 0.716. The standard InChI is InChI=1S/C14H19N3O/c1-16-10-11-17(14(16)18)13-8-3-2-6-12(13)7-4-5-9-15/h2-3,6,8,10-11H,4-5,7,9,15H2,1H3. The van der Waals surface area contributed by atoms with Crippen molar-refractivity contribution in [1.29, 1.82) is 0 Å². The molecule has 2 N–H and O–H groups in total. The van der Waals surface area contributed by atoms with Gasteiger partial charge in [0.1, 0.15) is 0 Å². The van der Waals surface area contributed by atoms with Crippen LogP contribution in [-0.2, 0) is 13.5 Å². The Balaban J connectivity index is 2.33. The lowest BCUT2D eigenvalue weighted by molar-refractivity contribution is 0.738. The van der Waals surface area contributed by atoms with Gasteiger partial charge in [0.2, 0.25) is 0 Å². The summed E-state index contributed by atoms with van der Waals surface area (Å²) < 4.78 is 3.27. The quantitative estimate of drug-likeness (QED) is 0.811. The van der Waals surface area contributed by atoms with Gasteiger partial charge in [-0.25, -0.2) is 4.79 Å². The van der Waals surface area contributed by atoms with Crippen LogP contribution in [0.5, 0.6) is 0 Å². The number of nitrogens with two attached hydrogens (primary N) is 1. The topological polar surface area (TPSA) is 52.9 Å². The molecular formula is C14H19N3O. The maximum Gasteiger partial charge on any atom is 0.332 e. The second-order valence-corrected chi connectivity index (χ2v) is 4.44. The smallest absolute Gasteiger partial charge is 0.330 e. The van der Waals surface area contributed by atoms with Crippen molar-refractivity contribution < 1.29 is 0 Å². The third-order valence-corrected chi connectivity index (χ3v) is 3.10. The summed E-state index contributed by atoms with van der Waals surface area (Å²) >= 11 is 0. The number of nitrogens with zero attached hydrogens (tertiary/aromatic N) is 2. The zero-order valence-electron chi connectivity index (χ0n) is 10.7. The first-order valence-electron chi connectivity index (χ1n) is 6.26. The first-order chi connectivity index (χ1) is 8.74. The number of hydrogen-bond acceptors (Lipinski definition) is 2. The molecule has 4 nitrogen and oxygen atoms in total. The highest BCUT2D eigenvalue weighted by atomic mass is 16.1. The highest BCUT2D eigenvalue weighted by molar-refractivity contribution is 5.41. The minimum atomic E-state index is -0.0127. The number of imidazole rings is 1. The van der Waals surface area contributed by atoms with Crippen LogP contribution in [0.25, 0.3) is 5.69 Å². The van der Waals surface area contributed by atoms with E-state index in [0.717, 1.165) is 24.9 Å². The van der Waals surface area contributed by atoms with Crippen molar-refractivity contribution in [3.05, 3.63) is 52.7 Å². The molecule has 0 atom stereocenters. The van der Waals surface area contributed by atoms with Crippen molar-refractivity contribution in [2.75, 3.05) is 6.54 Å². The Hall–Kier alpha value is -1.81. The molecule has 18 heavy (non-hydrogen) atoms. The monoisotopic (exact) mass is 245 g/mol. The summed E-state index contributed by atoms with van der Waals surface area (Å²) in [5.41, 5.74) is 7.66.